The molecule has 0 aromatic carbocycles. The summed E-state index contributed by atoms with van der Waals surface area (Å²) in [6.45, 7) is 0.433. The van der Waals surface area contributed by atoms with Crippen LogP contribution in [0.4, 0.5) is 10.6 Å². The lowest BCUT2D eigenvalue weighted by Crippen LogP contribution is -2.49. The van der Waals surface area contributed by atoms with Crippen molar-refractivity contribution >= 4 is 11.8 Å². The minimum atomic E-state index is -0.346. The molecule has 0 spiro atoms. The summed E-state index contributed by atoms with van der Waals surface area (Å²) in [7, 11) is 0. The van der Waals surface area contributed by atoms with Gasteiger partial charge in [-0.25, -0.2) is 25.6 Å². The van der Waals surface area contributed by atoms with E-state index in [4.69, 9.17) is 5.84 Å². The van der Waals surface area contributed by atoms with Gasteiger partial charge in [-0.15, -0.1) is 0 Å². The Morgan fingerprint density at radius 1 is 1.67 bits per heavy atom. The molecule has 1 aromatic rings. The zero-order valence-electron chi connectivity index (χ0n) is 6.19. The number of nitrogens with two attached hydrogens (primary N) is 1. The number of rotatable bonds is 0. The van der Waals surface area contributed by atoms with Gasteiger partial charge in [0.05, 0.1) is 0 Å². The third kappa shape index (κ3) is 0.892. The molecule has 0 saturated heterocycles. The lowest BCUT2D eigenvalue weighted by molar-refractivity contribution is 0.244. The van der Waals surface area contributed by atoms with Crippen LogP contribution in [-0.4, -0.2) is 16.0 Å². The van der Waals surface area contributed by atoms with Crippen LogP contribution in [0.5, 0.6) is 0 Å². The molecule has 2 amide bonds. The number of carbonyl (C=O) groups excluding carboxylic acids is 1. The van der Waals surface area contributed by atoms with Crippen molar-refractivity contribution in [3.05, 3.63) is 18.1 Å². The number of urea groups is 1. The zero-order chi connectivity index (χ0) is 8.55. The van der Waals surface area contributed by atoms with Crippen molar-refractivity contribution in [1.82, 2.24) is 15.3 Å². The number of hydrogen-bond acceptors (Lipinski definition) is 4. The lowest BCUT2D eigenvalue weighted by atomic mass is 10.2. The number of carbonyl (C=O) groups is 1. The first kappa shape index (κ1) is 6.99. The first-order valence-electron chi connectivity index (χ1n) is 3.40. The Kier molecular flexibility index (Phi) is 1.41. The van der Waals surface area contributed by atoms with Crippen molar-refractivity contribution < 1.29 is 4.79 Å². The summed E-state index contributed by atoms with van der Waals surface area (Å²) < 4.78 is 0. The molecule has 1 aliphatic heterocycles. The Labute approximate surface area is 68.4 Å². The number of nitrogens with zero attached hydrogens (tertiary/aromatic N) is 3. The van der Waals surface area contributed by atoms with E-state index in [1.165, 1.54) is 6.33 Å². The monoisotopic (exact) mass is 165 g/mol. The largest absolute Gasteiger partial charge is 0.337 e. The number of amides is 2. The van der Waals surface area contributed by atoms with E-state index in [9.17, 15) is 4.79 Å². The van der Waals surface area contributed by atoms with E-state index in [1.807, 2.05) is 0 Å². The first-order chi connectivity index (χ1) is 5.79. The summed E-state index contributed by atoms with van der Waals surface area (Å²) in [5, 5.41) is 3.54. The number of anilines is 1. The molecule has 0 radical (unpaired) electrons. The van der Waals surface area contributed by atoms with Gasteiger partial charge in [0.2, 0.25) is 0 Å². The predicted octanol–water partition coefficient (Wildman–Crippen LogP) is -0.620. The molecule has 2 heterocycles. The highest BCUT2D eigenvalue weighted by atomic mass is 16.2. The molecule has 1 aliphatic rings. The number of hydrazine groups is 1. The molecule has 3 N–H and O–H groups in total. The van der Waals surface area contributed by atoms with Crippen LogP contribution < -0.4 is 16.2 Å². The average Bonchev–Trinajstić information content (AvgIpc) is 2.12. The van der Waals surface area contributed by atoms with Crippen molar-refractivity contribution in [3.8, 4) is 0 Å². The van der Waals surface area contributed by atoms with Gasteiger partial charge in [-0.3, -0.25) is 0 Å². The number of aromatic nitrogens is 2. The molecule has 2 rings (SSSR count). The van der Waals surface area contributed by atoms with Crippen LogP contribution in [0, 0.1) is 0 Å². The molecular formula is C6H7N5O. The second-order valence-corrected chi connectivity index (χ2v) is 2.40. The summed E-state index contributed by atoms with van der Waals surface area (Å²) in [4.78, 5) is 18.7. The number of hydrogen-bond donors (Lipinski definition) is 2. The van der Waals surface area contributed by atoms with Crippen LogP contribution in [0.2, 0.25) is 0 Å². The van der Waals surface area contributed by atoms with Gasteiger partial charge in [-0.1, -0.05) is 0 Å². The number of nitrogens with one attached hydrogen (secondary N) is 1. The quantitative estimate of drug-likeness (QED) is 0.396. The summed E-state index contributed by atoms with van der Waals surface area (Å²) in [5.41, 5.74) is 0.819. The van der Waals surface area contributed by atoms with Gasteiger partial charge in [0, 0.05) is 18.3 Å². The first-order valence-corrected chi connectivity index (χ1v) is 3.40. The van der Waals surface area contributed by atoms with Gasteiger partial charge in [0.1, 0.15) is 6.33 Å². The molecule has 0 atom stereocenters. The molecular weight excluding hydrogens is 158 g/mol. The van der Waals surface area contributed by atoms with Gasteiger partial charge in [0.15, 0.2) is 5.82 Å². The standard InChI is InChI=1S/C6H7N5O/c7-11-5-4(1-8-3-10-5)2-9-6(11)12/h1,3H,2,7H2,(H,9,12). The van der Waals surface area contributed by atoms with E-state index in [1.54, 1.807) is 6.20 Å². The van der Waals surface area contributed by atoms with Crippen molar-refractivity contribution in [2.45, 2.75) is 6.54 Å². The topological polar surface area (TPSA) is 84.1 Å². The van der Waals surface area contributed by atoms with Crippen molar-refractivity contribution in [1.29, 1.82) is 0 Å². The average molecular weight is 165 g/mol. The highest BCUT2D eigenvalue weighted by Crippen LogP contribution is 2.16. The van der Waals surface area contributed by atoms with Gasteiger partial charge in [-0.05, 0) is 0 Å². The fraction of sp³-hybridized carbons (Fsp3) is 0.167. The SMILES string of the molecule is NN1C(=O)NCc2cncnc21. The van der Waals surface area contributed by atoms with Gasteiger partial charge in [0.25, 0.3) is 0 Å². The van der Waals surface area contributed by atoms with E-state index in [0.717, 1.165) is 10.6 Å². The Bertz CT molecular complexity index is 325. The second-order valence-electron chi connectivity index (χ2n) is 2.40. The Hall–Kier alpha value is -1.69. The van der Waals surface area contributed by atoms with Gasteiger partial charge >= 0.3 is 6.03 Å². The molecule has 62 valence electrons. The van der Waals surface area contributed by atoms with Crippen LogP contribution >= 0.6 is 0 Å². The summed E-state index contributed by atoms with van der Waals surface area (Å²) in [6.07, 6.45) is 2.99. The molecule has 1 aromatic heterocycles. The minimum absolute atomic E-state index is 0.346. The second kappa shape index (κ2) is 2.42. The van der Waals surface area contributed by atoms with Crippen LogP contribution in [0.1, 0.15) is 5.56 Å². The van der Waals surface area contributed by atoms with E-state index in [-0.39, 0.29) is 6.03 Å². The maximum absolute atomic E-state index is 11.0. The molecule has 6 nitrogen and oxygen atoms in total. The maximum Gasteiger partial charge on any atom is 0.337 e. The third-order valence-electron chi connectivity index (χ3n) is 1.64. The molecule has 0 unspecified atom stereocenters. The van der Waals surface area contributed by atoms with Crippen molar-refractivity contribution in [3.63, 3.8) is 0 Å². The Morgan fingerprint density at radius 2 is 2.50 bits per heavy atom. The molecule has 0 fully saturated rings. The summed E-state index contributed by atoms with van der Waals surface area (Å²) in [5.74, 6) is 5.89. The molecule has 0 saturated carbocycles. The van der Waals surface area contributed by atoms with E-state index in [0.29, 0.717) is 12.4 Å². The van der Waals surface area contributed by atoms with Gasteiger partial charge in [-0.2, -0.15) is 0 Å². The van der Waals surface area contributed by atoms with Crippen molar-refractivity contribution in [2.75, 3.05) is 5.01 Å². The molecule has 0 aliphatic carbocycles. The van der Waals surface area contributed by atoms with Gasteiger partial charge < -0.3 is 5.32 Å². The summed E-state index contributed by atoms with van der Waals surface area (Å²) in [6, 6.07) is -0.346. The van der Waals surface area contributed by atoms with E-state index < -0.39 is 0 Å². The van der Waals surface area contributed by atoms with Crippen LogP contribution in [-0.2, 0) is 6.54 Å². The molecule has 12 heavy (non-hydrogen) atoms. The Morgan fingerprint density at radius 3 is 3.33 bits per heavy atom. The van der Waals surface area contributed by atoms with E-state index in [2.05, 4.69) is 15.3 Å². The smallest absolute Gasteiger partial charge is 0.332 e. The number of fused-ring (bicyclic) bond motifs is 1. The van der Waals surface area contributed by atoms with Crippen LogP contribution in [0.15, 0.2) is 12.5 Å². The molecule has 0 bridgehead atoms. The van der Waals surface area contributed by atoms with Crippen LogP contribution in [0.3, 0.4) is 0 Å². The normalized spacial score (nSPS) is 15.4. The fourth-order valence-corrected chi connectivity index (χ4v) is 1.05. The minimum Gasteiger partial charge on any atom is -0.332 e. The zero-order valence-corrected chi connectivity index (χ0v) is 6.19. The molecule has 6 heteroatoms. The maximum atomic E-state index is 11.0. The fourth-order valence-electron chi connectivity index (χ4n) is 1.05. The van der Waals surface area contributed by atoms with Crippen LogP contribution in [0.25, 0.3) is 0 Å². The van der Waals surface area contributed by atoms with E-state index >= 15 is 0 Å². The lowest BCUT2D eigenvalue weighted by Gasteiger charge is -2.23. The highest BCUT2D eigenvalue weighted by Gasteiger charge is 2.21. The Balaban J connectivity index is 2.48. The third-order valence-corrected chi connectivity index (χ3v) is 1.64. The summed E-state index contributed by atoms with van der Waals surface area (Å²) >= 11 is 0. The highest BCUT2D eigenvalue weighted by molar-refractivity contribution is 5.92. The van der Waals surface area contributed by atoms with Crippen molar-refractivity contribution in [2.24, 2.45) is 5.84 Å². The predicted molar refractivity (Wildman–Crippen MR) is 40.9 cm³/mol.